The molecule has 5 nitrogen and oxygen atoms in total. The largest absolute Gasteiger partial charge is 0.504 e. The second-order valence-corrected chi connectivity index (χ2v) is 2.05. The molecular formula is C6H8N2O3. The molecule has 0 bridgehead atoms. The number of rotatable bonds is 2. The summed E-state index contributed by atoms with van der Waals surface area (Å²) in [5.41, 5.74) is 0.129. The summed E-state index contributed by atoms with van der Waals surface area (Å²) < 4.78 is 0. The number of carboxylic acid groups (broad SMARTS) is 1. The Morgan fingerprint density at radius 1 is 1.73 bits per heavy atom. The highest BCUT2D eigenvalue weighted by Crippen LogP contribution is 2.18. The van der Waals surface area contributed by atoms with E-state index in [0.29, 0.717) is 12.1 Å². The number of carboxylic acids is 1. The Kier molecular flexibility index (Phi) is 1.80. The minimum atomic E-state index is -1.20. The van der Waals surface area contributed by atoms with Crippen molar-refractivity contribution in [3.8, 4) is 5.75 Å². The van der Waals surface area contributed by atoms with E-state index in [2.05, 4.69) is 10.2 Å². The molecule has 1 rings (SSSR count). The number of hydrogen-bond donors (Lipinski definition) is 3. The van der Waals surface area contributed by atoms with Gasteiger partial charge >= 0.3 is 5.97 Å². The van der Waals surface area contributed by atoms with Gasteiger partial charge < -0.3 is 10.2 Å². The molecule has 11 heavy (non-hydrogen) atoms. The fraction of sp³-hybridized carbons (Fsp3) is 0.333. The molecule has 0 aliphatic heterocycles. The van der Waals surface area contributed by atoms with Crippen molar-refractivity contribution in [2.75, 3.05) is 0 Å². The van der Waals surface area contributed by atoms with Crippen molar-refractivity contribution >= 4 is 5.97 Å². The molecule has 1 heterocycles. The van der Waals surface area contributed by atoms with Crippen molar-refractivity contribution in [1.29, 1.82) is 0 Å². The molecule has 5 heteroatoms. The van der Waals surface area contributed by atoms with Crippen molar-refractivity contribution in [3.63, 3.8) is 0 Å². The van der Waals surface area contributed by atoms with Crippen LogP contribution in [0.15, 0.2) is 0 Å². The highest BCUT2D eigenvalue weighted by molar-refractivity contribution is 5.88. The molecule has 0 spiro atoms. The first-order valence-electron chi connectivity index (χ1n) is 3.16. The summed E-state index contributed by atoms with van der Waals surface area (Å²) in [4.78, 5) is 10.3. The van der Waals surface area contributed by atoms with Crippen LogP contribution in [0.1, 0.15) is 23.1 Å². The van der Waals surface area contributed by atoms with Crippen molar-refractivity contribution < 1.29 is 15.0 Å². The smallest absolute Gasteiger partial charge is 0.357 e. The van der Waals surface area contributed by atoms with Gasteiger partial charge in [0.2, 0.25) is 0 Å². The second-order valence-electron chi connectivity index (χ2n) is 2.05. The van der Waals surface area contributed by atoms with E-state index in [-0.39, 0.29) is 11.4 Å². The predicted molar refractivity (Wildman–Crippen MR) is 36.6 cm³/mol. The third-order valence-corrected chi connectivity index (χ3v) is 1.36. The van der Waals surface area contributed by atoms with Gasteiger partial charge in [0.1, 0.15) is 5.69 Å². The molecule has 0 aliphatic carbocycles. The van der Waals surface area contributed by atoms with Gasteiger partial charge in [0.15, 0.2) is 11.4 Å². The molecule has 1 aromatic heterocycles. The summed E-state index contributed by atoms with van der Waals surface area (Å²) in [5, 5.41) is 23.4. The third-order valence-electron chi connectivity index (χ3n) is 1.36. The van der Waals surface area contributed by atoms with Crippen LogP contribution in [0.25, 0.3) is 0 Å². The summed E-state index contributed by atoms with van der Waals surface area (Å²) in [7, 11) is 0. The van der Waals surface area contributed by atoms with E-state index in [9.17, 15) is 4.79 Å². The number of nitrogens with one attached hydrogen (secondary N) is 1. The Balaban J connectivity index is 3.10. The Labute approximate surface area is 62.7 Å². The maximum Gasteiger partial charge on any atom is 0.357 e. The lowest BCUT2D eigenvalue weighted by atomic mass is 10.3. The van der Waals surface area contributed by atoms with Gasteiger partial charge in [-0.05, 0) is 6.42 Å². The lowest BCUT2D eigenvalue weighted by molar-refractivity contribution is 0.0687. The molecule has 3 N–H and O–H groups in total. The lowest BCUT2D eigenvalue weighted by Crippen LogP contribution is -1.96. The van der Waals surface area contributed by atoms with Crippen molar-refractivity contribution in [1.82, 2.24) is 10.2 Å². The van der Waals surface area contributed by atoms with Crippen molar-refractivity contribution in [2.45, 2.75) is 13.3 Å². The van der Waals surface area contributed by atoms with Gasteiger partial charge in [0.05, 0.1) is 0 Å². The highest BCUT2D eigenvalue weighted by atomic mass is 16.4. The number of aromatic amines is 1. The molecule has 60 valence electrons. The monoisotopic (exact) mass is 156 g/mol. The van der Waals surface area contributed by atoms with Crippen LogP contribution in [-0.4, -0.2) is 26.4 Å². The summed E-state index contributed by atoms with van der Waals surface area (Å²) in [6.07, 6.45) is 0.510. The van der Waals surface area contributed by atoms with E-state index in [0.717, 1.165) is 0 Å². The van der Waals surface area contributed by atoms with Gasteiger partial charge in [-0.2, -0.15) is 5.10 Å². The standard InChI is InChI=1S/C6H8N2O3/c1-2-3-5(9)4(6(10)11)8-7-3/h9H,2H2,1H3,(H,7,8)(H,10,11). The van der Waals surface area contributed by atoms with Gasteiger partial charge in [0.25, 0.3) is 0 Å². The van der Waals surface area contributed by atoms with Gasteiger partial charge in [-0.15, -0.1) is 0 Å². The summed E-state index contributed by atoms with van der Waals surface area (Å²) >= 11 is 0. The zero-order valence-electron chi connectivity index (χ0n) is 5.96. The molecule has 0 aliphatic rings. The number of nitrogens with zero attached hydrogens (tertiary/aromatic N) is 1. The summed E-state index contributed by atoms with van der Waals surface area (Å²) in [5.74, 6) is -1.46. The summed E-state index contributed by atoms with van der Waals surface area (Å²) in [6.45, 7) is 1.78. The number of hydrogen-bond acceptors (Lipinski definition) is 3. The molecular weight excluding hydrogens is 148 g/mol. The Hall–Kier alpha value is -1.52. The lowest BCUT2D eigenvalue weighted by Gasteiger charge is -1.89. The SMILES string of the molecule is CCc1n[nH]c(C(=O)O)c1O. The van der Waals surface area contributed by atoms with E-state index >= 15 is 0 Å². The topological polar surface area (TPSA) is 86.2 Å². The number of aromatic nitrogens is 2. The number of aromatic hydroxyl groups is 1. The quantitative estimate of drug-likeness (QED) is 0.577. The van der Waals surface area contributed by atoms with Crippen molar-refractivity contribution in [3.05, 3.63) is 11.4 Å². The highest BCUT2D eigenvalue weighted by Gasteiger charge is 2.15. The van der Waals surface area contributed by atoms with E-state index < -0.39 is 5.97 Å². The molecule has 1 aromatic rings. The van der Waals surface area contributed by atoms with Crippen LogP contribution < -0.4 is 0 Å². The maximum atomic E-state index is 10.3. The van der Waals surface area contributed by atoms with Crippen LogP contribution in [0.5, 0.6) is 5.75 Å². The van der Waals surface area contributed by atoms with Crippen LogP contribution in [0.4, 0.5) is 0 Å². The van der Waals surface area contributed by atoms with Crippen LogP contribution in [0.3, 0.4) is 0 Å². The average Bonchev–Trinajstić information content (AvgIpc) is 2.30. The van der Waals surface area contributed by atoms with Crippen LogP contribution in [0.2, 0.25) is 0 Å². The number of aryl methyl sites for hydroxylation is 1. The molecule has 0 unspecified atom stereocenters. The van der Waals surface area contributed by atoms with Crippen LogP contribution in [0, 0.1) is 0 Å². The zero-order chi connectivity index (χ0) is 8.43. The Morgan fingerprint density at radius 3 is 2.64 bits per heavy atom. The van der Waals surface area contributed by atoms with E-state index in [1.165, 1.54) is 0 Å². The normalized spacial score (nSPS) is 9.91. The molecule has 0 saturated heterocycles. The predicted octanol–water partition coefficient (Wildman–Crippen LogP) is 0.376. The minimum Gasteiger partial charge on any atom is -0.504 e. The Morgan fingerprint density at radius 2 is 2.36 bits per heavy atom. The molecule has 0 atom stereocenters. The molecule has 0 saturated carbocycles. The minimum absolute atomic E-state index is 0.248. The van der Waals surface area contributed by atoms with E-state index in [1.807, 2.05) is 0 Å². The third kappa shape index (κ3) is 1.17. The van der Waals surface area contributed by atoms with Gasteiger partial charge in [-0.3, -0.25) is 5.10 Å². The molecule has 0 aromatic carbocycles. The van der Waals surface area contributed by atoms with Crippen LogP contribution >= 0.6 is 0 Å². The number of carbonyl (C=O) groups is 1. The first-order valence-corrected chi connectivity index (χ1v) is 3.16. The van der Waals surface area contributed by atoms with E-state index in [1.54, 1.807) is 6.92 Å². The number of H-pyrrole nitrogens is 1. The molecule has 0 radical (unpaired) electrons. The summed E-state index contributed by atoms with van der Waals surface area (Å²) in [6, 6.07) is 0. The maximum absolute atomic E-state index is 10.3. The fourth-order valence-electron chi connectivity index (χ4n) is 0.769. The van der Waals surface area contributed by atoms with Crippen molar-refractivity contribution in [2.24, 2.45) is 0 Å². The number of aromatic carboxylic acids is 1. The zero-order valence-corrected chi connectivity index (χ0v) is 5.96. The molecule has 0 fully saturated rings. The van der Waals surface area contributed by atoms with Gasteiger partial charge in [-0.1, -0.05) is 6.92 Å². The second kappa shape index (κ2) is 2.61. The van der Waals surface area contributed by atoms with E-state index in [4.69, 9.17) is 10.2 Å². The van der Waals surface area contributed by atoms with Gasteiger partial charge in [0, 0.05) is 0 Å². The van der Waals surface area contributed by atoms with Gasteiger partial charge in [-0.25, -0.2) is 4.79 Å². The first kappa shape index (κ1) is 7.59. The molecule has 0 amide bonds. The Bertz CT molecular complexity index is 279. The first-order chi connectivity index (χ1) is 5.16. The van der Waals surface area contributed by atoms with Crippen LogP contribution in [-0.2, 0) is 6.42 Å². The average molecular weight is 156 g/mol. The fourth-order valence-corrected chi connectivity index (χ4v) is 0.769.